The summed E-state index contributed by atoms with van der Waals surface area (Å²) in [4.78, 5) is 22.6. The van der Waals surface area contributed by atoms with E-state index < -0.39 is 0 Å². The Labute approximate surface area is 113 Å². The standard InChI is InChI=1S/C14H20N2O3/c1-10-9-12(6-7-13(10)15-11(2)18)16-14(19)5-3-4-8-17/h6-7,9,17H,3-5,8H2,1-2H3,(H,15,18)(H,16,19). The Kier molecular flexibility index (Phi) is 6.02. The van der Waals surface area contributed by atoms with E-state index in [1.54, 1.807) is 12.1 Å². The molecular formula is C14H20N2O3. The number of rotatable bonds is 6. The first kappa shape index (κ1) is 15.2. The summed E-state index contributed by atoms with van der Waals surface area (Å²) in [5, 5.41) is 14.1. The molecule has 104 valence electrons. The maximum Gasteiger partial charge on any atom is 0.224 e. The molecule has 1 rings (SSSR count). The van der Waals surface area contributed by atoms with Crippen LogP contribution < -0.4 is 10.6 Å². The zero-order chi connectivity index (χ0) is 14.3. The van der Waals surface area contributed by atoms with Crippen LogP contribution in [0.5, 0.6) is 0 Å². The number of hydrogen-bond donors (Lipinski definition) is 3. The molecule has 0 aromatic heterocycles. The zero-order valence-electron chi connectivity index (χ0n) is 11.3. The second-order valence-electron chi connectivity index (χ2n) is 4.44. The van der Waals surface area contributed by atoms with Crippen LogP contribution in [0.25, 0.3) is 0 Å². The zero-order valence-corrected chi connectivity index (χ0v) is 11.3. The monoisotopic (exact) mass is 264 g/mol. The lowest BCUT2D eigenvalue weighted by Gasteiger charge is -2.10. The van der Waals surface area contributed by atoms with Crippen LogP contribution in [0.15, 0.2) is 18.2 Å². The third-order valence-corrected chi connectivity index (χ3v) is 2.63. The van der Waals surface area contributed by atoms with E-state index in [1.807, 2.05) is 13.0 Å². The van der Waals surface area contributed by atoms with Gasteiger partial charge in [-0.15, -0.1) is 0 Å². The van der Waals surface area contributed by atoms with Crippen molar-refractivity contribution < 1.29 is 14.7 Å². The number of aliphatic hydroxyl groups excluding tert-OH is 1. The fraction of sp³-hybridized carbons (Fsp3) is 0.429. The minimum atomic E-state index is -0.121. The van der Waals surface area contributed by atoms with Gasteiger partial charge >= 0.3 is 0 Å². The molecule has 0 spiro atoms. The van der Waals surface area contributed by atoms with Gasteiger partial charge in [-0.1, -0.05) is 0 Å². The molecule has 0 saturated heterocycles. The van der Waals surface area contributed by atoms with E-state index in [2.05, 4.69) is 10.6 Å². The van der Waals surface area contributed by atoms with Crippen LogP contribution in [0, 0.1) is 6.92 Å². The second-order valence-corrected chi connectivity index (χ2v) is 4.44. The van der Waals surface area contributed by atoms with Crippen molar-refractivity contribution in [3.63, 3.8) is 0 Å². The largest absolute Gasteiger partial charge is 0.396 e. The lowest BCUT2D eigenvalue weighted by molar-refractivity contribution is -0.116. The summed E-state index contributed by atoms with van der Waals surface area (Å²) in [5.41, 5.74) is 2.34. The van der Waals surface area contributed by atoms with Crippen molar-refractivity contribution in [1.29, 1.82) is 0 Å². The van der Waals surface area contributed by atoms with Crippen molar-refractivity contribution in [3.8, 4) is 0 Å². The highest BCUT2D eigenvalue weighted by molar-refractivity contribution is 5.92. The van der Waals surface area contributed by atoms with Crippen LogP contribution >= 0.6 is 0 Å². The molecule has 0 aliphatic rings. The molecule has 19 heavy (non-hydrogen) atoms. The van der Waals surface area contributed by atoms with Crippen LogP contribution in [0.2, 0.25) is 0 Å². The highest BCUT2D eigenvalue weighted by Gasteiger charge is 2.05. The molecule has 2 amide bonds. The predicted octanol–water partition coefficient (Wildman–Crippen LogP) is 2.05. The first-order valence-electron chi connectivity index (χ1n) is 6.32. The number of unbranched alkanes of at least 4 members (excludes halogenated alkanes) is 1. The Bertz CT molecular complexity index is 458. The van der Waals surface area contributed by atoms with Gasteiger partial charge in [-0.05, 0) is 43.5 Å². The van der Waals surface area contributed by atoms with Gasteiger partial charge in [0.05, 0.1) is 0 Å². The normalized spacial score (nSPS) is 10.1. The molecule has 5 heteroatoms. The van der Waals surface area contributed by atoms with Gasteiger partial charge in [0, 0.05) is 31.3 Å². The third kappa shape index (κ3) is 5.52. The quantitative estimate of drug-likeness (QED) is 0.688. The van der Waals surface area contributed by atoms with E-state index in [0.717, 1.165) is 11.3 Å². The second kappa shape index (κ2) is 7.53. The van der Waals surface area contributed by atoms with E-state index >= 15 is 0 Å². The first-order valence-corrected chi connectivity index (χ1v) is 6.32. The summed E-state index contributed by atoms with van der Waals surface area (Å²) < 4.78 is 0. The molecule has 5 nitrogen and oxygen atoms in total. The third-order valence-electron chi connectivity index (χ3n) is 2.63. The molecule has 0 bridgehead atoms. The molecule has 1 aromatic rings. The van der Waals surface area contributed by atoms with Crippen molar-refractivity contribution in [2.75, 3.05) is 17.2 Å². The molecule has 0 heterocycles. The van der Waals surface area contributed by atoms with Gasteiger partial charge in [0.2, 0.25) is 11.8 Å². The Hall–Kier alpha value is -1.88. The van der Waals surface area contributed by atoms with Gasteiger partial charge in [0.1, 0.15) is 0 Å². The Morgan fingerprint density at radius 2 is 1.95 bits per heavy atom. The van der Waals surface area contributed by atoms with Gasteiger partial charge in [-0.2, -0.15) is 0 Å². The number of amides is 2. The molecule has 0 fully saturated rings. The smallest absolute Gasteiger partial charge is 0.224 e. The first-order chi connectivity index (χ1) is 9.02. The molecule has 3 N–H and O–H groups in total. The molecule has 0 aliphatic heterocycles. The predicted molar refractivity (Wildman–Crippen MR) is 75.0 cm³/mol. The van der Waals surface area contributed by atoms with E-state index in [4.69, 9.17) is 5.11 Å². The fourth-order valence-corrected chi connectivity index (χ4v) is 1.69. The SMILES string of the molecule is CC(=O)Nc1ccc(NC(=O)CCCCO)cc1C. The summed E-state index contributed by atoms with van der Waals surface area (Å²) in [6.07, 6.45) is 1.70. The molecular weight excluding hydrogens is 244 g/mol. The van der Waals surface area contributed by atoms with Gasteiger partial charge in [-0.3, -0.25) is 9.59 Å². The number of hydrogen-bond acceptors (Lipinski definition) is 3. The summed E-state index contributed by atoms with van der Waals surface area (Å²) in [5.74, 6) is -0.191. The number of aryl methyl sites for hydroxylation is 1. The van der Waals surface area contributed by atoms with Crippen molar-refractivity contribution in [3.05, 3.63) is 23.8 Å². The lowest BCUT2D eigenvalue weighted by atomic mass is 10.1. The number of benzene rings is 1. The number of carbonyl (C=O) groups excluding carboxylic acids is 2. The number of anilines is 2. The maximum atomic E-state index is 11.6. The van der Waals surface area contributed by atoms with Gasteiger partial charge in [0.15, 0.2) is 0 Å². The van der Waals surface area contributed by atoms with Crippen LogP contribution in [0.4, 0.5) is 11.4 Å². The Balaban J connectivity index is 2.58. The Morgan fingerprint density at radius 1 is 1.21 bits per heavy atom. The molecule has 0 aliphatic carbocycles. The highest BCUT2D eigenvalue weighted by atomic mass is 16.3. The van der Waals surface area contributed by atoms with Crippen LogP contribution in [-0.4, -0.2) is 23.5 Å². The van der Waals surface area contributed by atoms with E-state index in [1.165, 1.54) is 6.92 Å². The topological polar surface area (TPSA) is 78.4 Å². The van der Waals surface area contributed by atoms with E-state index in [-0.39, 0.29) is 18.4 Å². The number of carbonyl (C=O) groups is 2. The minimum absolute atomic E-state index is 0.0693. The number of aliphatic hydroxyl groups is 1. The van der Waals surface area contributed by atoms with Gasteiger partial charge in [-0.25, -0.2) is 0 Å². The molecule has 0 saturated carbocycles. The minimum Gasteiger partial charge on any atom is -0.396 e. The highest BCUT2D eigenvalue weighted by Crippen LogP contribution is 2.19. The van der Waals surface area contributed by atoms with Gasteiger partial charge in [0.25, 0.3) is 0 Å². The molecule has 0 atom stereocenters. The van der Waals surface area contributed by atoms with Crippen LogP contribution in [0.1, 0.15) is 31.7 Å². The molecule has 0 unspecified atom stereocenters. The van der Waals surface area contributed by atoms with Gasteiger partial charge < -0.3 is 15.7 Å². The van der Waals surface area contributed by atoms with Crippen LogP contribution in [-0.2, 0) is 9.59 Å². The average molecular weight is 264 g/mol. The van der Waals surface area contributed by atoms with Crippen molar-refractivity contribution in [2.45, 2.75) is 33.1 Å². The van der Waals surface area contributed by atoms with Crippen LogP contribution in [0.3, 0.4) is 0 Å². The van der Waals surface area contributed by atoms with E-state index in [9.17, 15) is 9.59 Å². The molecule has 0 radical (unpaired) electrons. The van der Waals surface area contributed by atoms with Crippen molar-refractivity contribution in [1.82, 2.24) is 0 Å². The molecule has 1 aromatic carbocycles. The van der Waals surface area contributed by atoms with Crippen molar-refractivity contribution in [2.24, 2.45) is 0 Å². The summed E-state index contributed by atoms with van der Waals surface area (Å²) in [7, 11) is 0. The summed E-state index contributed by atoms with van der Waals surface area (Å²) in [6.45, 7) is 3.43. The van der Waals surface area contributed by atoms with E-state index in [0.29, 0.717) is 24.9 Å². The van der Waals surface area contributed by atoms with Crippen molar-refractivity contribution >= 4 is 23.2 Å². The fourth-order valence-electron chi connectivity index (χ4n) is 1.69. The summed E-state index contributed by atoms with van der Waals surface area (Å²) >= 11 is 0. The lowest BCUT2D eigenvalue weighted by Crippen LogP contribution is -2.12. The summed E-state index contributed by atoms with van der Waals surface area (Å²) in [6, 6.07) is 5.33. The average Bonchev–Trinajstić information content (AvgIpc) is 2.32. The Morgan fingerprint density at radius 3 is 2.53 bits per heavy atom. The number of nitrogens with one attached hydrogen (secondary N) is 2. The maximum absolute atomic E-state index is 11.6.